The van der Waals surface area contributed by atoms with E-state index in [0.29, 0.717) is 24.6 Å². The van der Waals surface area contributed by atoms with Crippen molar-refractivity contribution in [2.45, 2.75) is 52.7 Å². The number of benzene rings is 1. The number of carbonyl (C=O) groups excluding carboxylic acids is 1. The SMILES string of the molecule is CC(CNC1CCCC1(C)C)C(=O)OCc1ccccc1. The fraction of sp³-hybridized carbons (Fsp3) is 0.611. The monoisotopic (exact) mass is 289 g/mol. The molecule has 0 heterocycles. The Labute approximate surface area is 128 Å². The molecule has 116 valence electrons. The molecule has 0 aromatic heterocycles. The summed E-state index contributed by atoms with van der Waals surface area (Å²) in [4.78, 5) is 12.0. The number of hydrogen-bond acceptors (Lipinski definition) is 3. The van der Waals surface area contributed by atoms with Gasteiger partial charge in [-0.25, -0.2) is 0 Å². The standard InChI is InChI=1S/C18H27NO2/c1-14(12-19-16-10-7-11-18(16,2)3)17(20)21-13-15-8-5-4-6-9-15/h4-6,8-9,14,16,19H,7,10-13H2,1-3H3. The van der Waals surface area contributed by atoms with E-state index in [4.69, 9.17) is 4.74 Å². The predicted molar refractivity (Wildman–Crippen MR) is 84.8 cm³/mol. The summed E-state index contributed by atoms with van der Waals surface area (Å²) in [6.07, 6.45) is 3.74. The highest BCUT2D eigenvalue weighted by atomic mass is 16.5. The average molecular weight is 289 g/mol. The number of nitrogens with one attached hydrogen (secondary N) is 1. The van der Waals surface area contributed by atoms with Gasteiger partial charge in [-0.15, -0.1) is 0 Å². The molecule has 3 heteroatoms. The zero-order valence-electron chi connectivity index (χ0n) is 13.4. The van der Waals surface area contributed by atoms with Gasteiger partial charge in [0.05, 0.1) is 5.92 Å². The first kappa shape index (κ1) is 16.0. The minimum absolute atomic E-state index is 0.106. The molecular weight excluding hydrogens is 262 g/mol. The van der Waals surface area contributed by atoms with Gasteiger partial charge < -0.3 is 10.1 Å². The fourth-order valence-electron chi connectivity index (χ4n) is 2.98. The molecule has 2 rings (SSSR count). The van der Waals surface area contributed by atoms with Crippen molar-refractivity contribution in [1.29, 1.82) is 0 Å². The van der Waals surface area contributed by atoms with Crippen LogP contribution in [0.25, 0.3) is 0 Å². The third-order valence-corrected chi connectivity index (χ3v) is 4.55. The van der Waals surface area contributed by atoms with Crippen LogP contribution in [0, 0.1) is 11.3 Å². The van der Waals surface area contributed by atoms with Crippen molar-refractivity contribution in [3.63, 3.8) is 0 Å². The Morgan fingerprint density at radius 1 is 1.38 bits per heavy atom. The predicted octanol–water partition coefficient (Wildman–Crippen LogP) is 3.53. The quantitative estimate of drug-likeness (QED) is 0.814. The van der Waals surface area contributed by atoms with Gasteiger partial charge in [-0.3, -0.25) is 4.79 Å². The fourth-order valence-corrected chi connectivity index (χ4v) is 2.98. The van der Waals surface area contributed by atoms with Crippen molar-refractivity contribution in [3.05, 3.63) is 35.9 Å². The maximum absolute atomic E-state index is 12.0. The molecule has 3 nitrogen and oxygen atoms in total. The van der Waals surface area contributed by atoms with Gasteiger partial charge in [0.25, 0.3) is 0 Å². The Kier molecular flexibility index (Phi) is 5.40. The van der Waals surface area contributed by atoms with Gasteiger partial charge in [0.2, 0.25) is 0 Å². The normalized spacial score (nSPS) is 22.0. The highest BCUT2D eigenvalue weighted by Crippen LogP contribution is 2.37. The minimum Gasteiger partial charge on any atom is -0.461 e. The molecule has 21 heavy (non-hydrogen) atoms. The highest BCUT2D eigenvalue weighted by molar-refractivity contribution is 5.72. The molecule has 1 fully saturated rings. The molecule has 0 radical (unpaired) electrons. The maximum Gasteiger partial charge on any atom is 0.310 e. The average Bonchev–Trinajstić information content (AvgIpc) is 2.82. The molecule has 1 N–H and O–H groups in total. The zero-order chi connectivity index (χ0) is 15.3. The molecule has 1 aromatic rings. The Bertz CT molecular complexity index is 456. The molecule has 0 aliphatic heterocycles. The Morgan fingerprint density at radius 2 is 2.10 bits per heavy atom. The van der Waals surface area contributed by atoms with Gasteiger partial charge in [-0.2, -0.15) is 0 Å². The van der Waals surface area contributed by atoms with Gasteiger partial charge in [0, 0.05) is 12.6 Å². The minimum atomic E-state index is -0.123. The first-order valence-corrected chi connectivity index (χ1v) is 7.93. The van der Waals surface area contributed by atoms with Crippen LogP contribution in [0.5, 0.6) is 0 Å². The van der Waals surface area contributed by atoms with E-state index >= 15 is 0 Å². The largest absolute Gasteiger partial charge is 0.461 e. The van der Waals surface area contributed by atoms with E-state index in [1.54, 1.807) is 0 Å². The number of carbonyl (C=O) groups is 1. The maximum atomic E-state index is 12.0. The first-order valence-electron chi connectivity index (χ1n) is 7.93. The summed E-state index contributed by atoms with van der Waals surface area (Å²) in [5.41, 5.74) is 1.37. The third-order valence-electron chi connectivity index (χ3n) is 4.55. The summed E-state index contributed by atoms with van der Waals surface area (Å²) < 4.78 is 5.38. The van der Waals surface area contributed by atoms with Crippen LogP contribution in [0.3, 0.4) is 0 Å². The molecule has 1 aromatic carbocycles. The second-order valence-electron chi connectivity index (χ2n) is 6.84. The Morgan fingerprint density at radius 3 is 2.71 bits per heavy atom. The van der Waals surface area contributed by atoms with Crippen LogP contribution in [0.15, 0.2) is 30.3 Å². The van der Waals surface area contributed by atoms with Gasteiger partial charge in [0.15, 0.2) is 0 Å². The lowest BCUT2D eigenvalue weighted by atomic mass is 9.87. The van der Waals surface area contributed by atoms with Crippen molar-refractivity contribution >= 4 is 5.97 Å². The van der Waals surface area contributed by atoms with Crippen molar-refractivity contribution in [3.8, 4) is 0 Å². The van der Waals surface area contributed by atoms with Crippen LogP contribution >= 0.6 is 0 Å². The lowest BCUT2D eigenvalue weighted by Gasteiger charge is -2.28. The molecule has 2 atom stereocenters. The third kappa shape index (κ3) is 4.57. The molecule has 0 saturated heterocycles. The summed E-state index contributed by atoms with van der Waals surface area (Å²) in [6.45, 7) is 7.59. The summed E-state index contributed by atoms with van der Waals surface area (Å²) in [5, 5.41) is 3.55. The Balaban J connectivity index is 1.73. The van der Waals surface area contributed by atoms with Crippen molar-refractivity contribution < 1.29 is 9.53 Å². The Hall–Kier alpha value is -1.35. The molecular formula is C18H27NO2. The highest BCUT2D eigenvalue weighted by Gasteiger charge is 2.34. The second kappa shape index (κ2) is 7.08. The molecule has 1 aliphatic carbocycles. The molecule has 0 bridgehead atoms. The van der Waals surface area contributed by atoms with Crippen LogP contribution in [0.1, 0.15) is 45.6 Å². The number of rotatable bonds is 6. The van der Waals surface area contributed by atoms with E-state index in [0.717, 1.165) is 5.56 Å². The van der Waals surface area contributed by atoms with E-state index in [1.807, 2.05) is 37.3 Å². The van der Waals surface area contributed by atoms with Gasteiger partial charge in [-0.05, 0) is 23.8 Å². The van der Waals surface area contributed by atoms with Gasteiger partial charge in [-0.1, -0.05) is 57.5 Å². The van der Waals surface area contributed by atoms with Crippen LogP contribution in [0.4, 0.5) is 0 Å². The lowest BCUT2D eigenvalue weighted by molar-refractivity contribution is -0.149. The molecule has 1 saturated carbocycles. The number of esters is 1. The zero-order valence-corrected chi connectivity index (χ0v) is 13.4. The molecule has 0 amide bonds. The smallest absolute Gasteiger partial charge is 0.310 e. The summed E-state index contributed by atoms with van der Waals surface area (Å²) in [5.74, 6) is -0.229. The van der Waals surface area contributed by atoms with Crippen LogP contribution in [-0.4, -0.2) is 18.6 Å². The van der Waals surface area contributed by atoms with Crippen LogP contribution in [-0.2, 0) is 16.1 Å². The van der Waals surface area contributed by atoms with Crippen molar-refractivity contribution in [2.75, 3.05) is 6.54 Å². The second-order valence-corrected chi connectivity index (χ2v) is 6.84. The van der Waals surface area contributed by atoms with Crippen LogP contribution in [0.2, 0.25) is 0 Å². The van der Waals surface area contributed by atoms with Crippen molar-refractivity contribution in [2.24, 2.45) is 11.3 Å². The van der Waals surface area contributed by atoms with E-state index < -0.39 is 0 Å². The summed E-state index contributed by atoms with van der Waals surface area (Å²) >= 11 is 0. The van der Waals surface area contributed by atoms with E-state index in [-0.39, 0.29) is 11.9 Å². The molecule has 2 unspecified atom stereocenters. The lowest BCUT2D eigenvalue weighted by Crippen LogP contribution is -2.41. The molecule has 0 spiro atoms. The summed E-state index contributed by atoms with van der Waals surface area (Å²) in [7, 11) is 0. The van der Waals surface area contributed by atoms with Gasteiger partial charge in [0.1, 0.15) is 6.61 Å². The summed E-state index contributed by atoms with van der Waals surface area (Å²) in [6, 6.07) is 10.3. The first-order chi connectivity index (χ1) is 9.99. The molecule has 1 aliphatic rings. The number of hydrogen-bond donors (Lipinski definition) is 1. The van der Waals surface area contributed by atoms with E-state index in [9.17, 15) is 4.79 Å². The van der Waals surface area contributed by atoms with Crippen LogP contribution < -0.4 is 5.32 Å². The topological polar surface area (TPSA) is 38.3 Å². The number of ether oxygens (including phenoxy) is 1. The van der Waals surface area contributed by atoms with Crippen molar-refractivity contribution in [1.82, 2.24) is 5.32 Å². The van der Waals surface area contributed by atoms with E-state index in [2.05, 4.69) is 19.2 Å². The van der Waals surface area contributed by atoms with Gasteiger partial charge >= 0.3 is 5.97 Å². The van der Waals surface area contributed by atoms with E-state index in [1.165, 1.54) is 19.3 Å².